The van der Waals surface area contributed by atoms with Crippen LogP contribution in [0.4, 0.5) is 5.82 Å². The molecule has 8 nitrogen and oxygen atoms in total. The minimum absolute atomic E-state index is 0.0351. The van der Waals surface area contributed by atoms with E-state index in [1.807, 2.05) is 40.9 Å². The molecule has 0 saturated heterocycles. The quantitative estimate of drug-likeness (QED) is 0.607. The molecular weight excluding hydrogens is 338 g/mol. The number of nitrogens with zero attached hydrogens (tertiary/aromatic N) is 6. The van der Waals surface area contributed by atoms with Gasteiger partial charge in [0.05, 0.1) is 6.20 Å². The van der Waals surface area contributed by atoms with E-state index < -0.39 is 0 Å². The number of amides is 1. The van der Waals surface area contributed by atoms with E-state index in [9.17, 15) is 4.79 Å². The van der Waals surface area contributed by atoms with E-state index in [0.29, 0.717) is 11.5 Å². The first kappa shape index (κ1) is 14.4. The smallest absolute Gasteiger partial charge is 0.228 e. The predicted octanol–water partition coefficient (Wildman–Crippen LogP) is 2.27. The third kappa shape index (κ3) is 2.72. The molecule has 1 aliphatic carbocycles. The van der Waals surface area contributed by atoms with E-state index in [1.165, 1.54) is 11.8 Å². The predicted molar refractivity (Wildman–Crippen MR) is 91.5 cm³/mol. The summed E-state index contributed by atoms with van der Waals surface area (Å²) in [6.07, 6.45) is 5.57. The maximum atomic E-state index is 11.9. The third-order valence-corrected chi connectivity index (χ3v) is 4.86. The summed E-state index contributed by atoms with van der Waals surface area (Å²) in [6, 6.07) is 9.50. The Morgan fingerprint density at radius 2 is 2.08 bits per heavy atom. The molecule has 4 heterocycles. The molecule has 0 aromatic carbocycles. The van der Waals surface area contributed by atoms with Gasteiger partial charge in [-0.25, -0.2) is 9.50 Å². The van der Waals surface area contributed by atoms with Crippen molar-refractivity contribution in [2.75, 3.05) is 5.32 Å². The summed E-state index contributed by atoms with van der Waals surface area (Å²) in [4.78, 5) is 16.2. The Morgan fingerprint density at radius 1 is 1.16 bits per heavy atom. The average molecular weight is 351 g/mol. The molecular formula is C16H13N7OS. The lowest BCUT2D eigenvalue weighted by Crippen LogP contribution is -2.13. The Hall–Kier alpha value is -2.94. The van der Waals surface area contributed by atoms with Crippen LogP contribution < -0.4 is 5.32 Å². The van der Waals surface area contributed by atoms with Crippen LogP contribution in [-0.2, 0) is 4.79 Å². The number of fused-ring (bicyclic) bond motifs is 2. The highest BCUT2D eigenvalue weighted by Gasteiger charge is 2.30. The summed E-state index contributed by atoms with van der Waals surface area (Å²) >= 11 is 1.42. The Kier molecular flexibility index (Phi) is 3.20. The van der Waals surface area contributed by atoms with Crippen molar-refractivity contribution in [2.45, 2.75) is 23.0 Å². The molecule has 1 N–H and O–H groups in total. The number of hydrogen-bond donors (Lipinski definition) is 1. The molecule has 124 valence electrons. The zero-order valence-corrected chi connectivity index (χ0v) is 13.8. The summed E-state index contributed by atoms with van der Waals surface area (Å²) in [7, 11) is 0. The second-order valence-electron chi connectivity index (χ2n) is 5.88. The first-order valence-electron chi connectivity index (χ1n) is 7.91. The number of carbonyl (C=O) groups is 1. The van der Waals surface area contributed by atoms with Gasteiger partial charge in [-0.3, -0.25) is 9.20 Å². The highest BCUT2D eigenvalue weighted by Crippen LogP contribution is 2.30. The normalized spacial score (nSPS) is 14.2. The van der Waals surface area contributed by atoms with Gasteiger partial charge < -0.3 is 5.32 Å². The van der Waals surface area contributed by atoms with Gasteiger partial charge in [0, 0.05) is 12.1 Å². The van der Waals surface area contributed by atoms with Crippen LogP contribution in [0.5, 0.6) is 0 Å². The van der Waals surface area contributed by atoms with Crippen LogP contribution in [-0.4, -0.2) is 35.1 Å². The molecule has 0 unspecified atom stereocenters. The van der Waals surface area contributed by atoms with E-state index in [2.05, 4.69) is 25.6 Å². The summed E-state index contributed by atoms with van der Waals surface area (Å²) in [5.41, 5.74) is 1.47. The van der Waals surface area contributed by atoms with Crippen molar-refractivity contribution < 1.29 is 4.79 Å². The second kappa shape index (κ2) is 5.55. The first-order chi connectivity index (χ1) is 12.3. The van der Waals surface area contributed by atoms with Crippen LogP contribution in [0, 0.1) is 5.92 Å². The molecule has 0 spiro atoms. The van der Waals surface area contributed by atoms with Crippen molar-refractivity contribution in [3.63, 3.8) is 0 Å². The van der Waals surface area contributed by atoms with Crippen molar-refractivity contribution in [3.05, 3.63) is 42.7 Å². The first-order valence-corrected chi connectivity index (χ1v) is 8.73. The lowest BCUT2D eigenvalue weighted by Gasteiger charge is -1.99. The lowest BCUT2D eigenvalue weighted by molar-refractivity contribution is -0.117. The van der Waals surface area contributed by atoms with Crippen LogP contribution in [0.2, 0.25) is 0 Å². The minimum Gasteiger partial charge on any atom is -0.309 e. The van der Waals surface area contributed by atoms with E-state index in [4.69, 9.17) is 0 Å². The molecule has 0 bridgehead atoms. The molecule has 9 heteroatoms. The topological polar surface area (TPSA) is 89.5 Å². The molecule has 0 aliphatic heterocycles. The molecule has 1 amide bonds. The highest BCUT2D eigenvalue weighted by atomic mass is 32.2. The molecule has 25 heavy (non-hydrogen) atoms. The van der Waals surface area contributed by atoms with Crippen molar-refractivity contribution in [2.24, 2.45) is 5.92 Å². The molecule has 4 aromatic heterocycles. The van der Waals surface area contributed by atoms with E-state index in [1.54, 1.807) is 10.7 Å². The summed E-state index contributed by atoms with van der Waals surface area (Å²) in [5, 5.41) is 17.2. The zero-order chi connectivity index (χ0) is 16.8. The van der Waals surface area contributed by atoms with Gasteiger partial charge in [-0.15, -0.1) is 10.2 Å². The van der Waals surface area contributed by atoms with E-state index in [-0.39, 0.29) is 11.8 Å². The number of imidazole rings is 1. The van der Waals surface area contributed by atoms with Crippen LogP contribution in [0.15, 0.2) is 52.9 Å². The van der Waals surface area contributed by atoms with Gasteiger partial charge in [0.15, 0.2) is 17.1 Å². The molecule has 4 aromatic rings. The van der Waals surface area contributed by atoms with Gasteiger partial charge in [-0.2, -0.15) is 5.10 Å². The Balaban J connectivity index is 1.42. The number of rotatable bonds is 4. The minimum atomic E-state index is 0.0351. The number of anilines is 1. The Labute approximate surface area is 146 Å². The summed E-state index contributed by atoms with van der Waals surface area (Å²) < 4.78 is 3.57. The lowest BCUT2D eigenvalue weighted by atomic mass is 10.4. The number of nitrogens with one attached hydrogen (secondary N) is 1. The summed E-state index contributed by atoms with van der Waals surface area (Å²) in [5.74, 6) is 0.706. The number of aromatic nitrogens is 6. The standard InChI is InChI=1S/C16H13N7OS/c24-15(10-4-5-10)18-11-9-23-12(17-11)6-7-14(21-23)25-16-20-19-13-3-1-2-8-22(13)16/h1-3,6-10H,4-5H2,(H,18,24). The SMILES string of the molecule is O=C(Nc1cn2nc(Sc3nnc4ccccn34)ccc2n1)C1CC1. The maximum absolute atomic E-state index is 11.9. The van der Waals surface area contributed by atoms with Crippen molar-refractivity contribution in [1.82, 2.24) is 29.2 Å². The number of hydrogen-bond acceptors (Lipinski definition) is 6. The Morgan fingerprint density at radius 3 is 2.96 bits per heavy atom. The number of carbonyl (C=O) groups excluding carboxylic acids is 1. The second-order valence-corrected chi connectivity index (χ2v) is 6.87. The maximum Gasteiger partial charge on any atom is 0.228 e. The molecule has 1 fully saturated rings. The van der Waals surface area contributed by atoms with Crippen LogP contribution in [0.25, 0.3) is 11.3 Å². The van der Waals surface area contributed by atoms with Crippen LogP contribution in [0.3, 0.4) is 0 Å². The van der Waals surface area contributed by atoms with Crippen LogP contribution >= 0.6 is 11.8 Å². The fraction of sp³-hybridized carbons (Fsp3) is 0.188. The fourth-order valence-electron chi connectivity index (χ4n) is 2.54. The van der Waals surface area contributed by atoms with Gasteiger partial charge in [0.25, 0.3) is 0 Å². The number of pyridine rings is 1. The molecule has 5 rings (SSSR count). The Bertz CT molecular complexity index is 1100. The largest absolute Gasteiger partial charge is 0.309 e. The highest BCUT2D eigenvalue weighted by molar-refractivity contribution is 7.99. The van der Waals surface area contributed by atoms with Crippen LogP contribution in [0.1, 0.15) is 12.8 Å². The zero-order valence-electron chi connectivity index (χ0n) is 13.0. The summed E-state index contributed by atoms with van der Waals surface area (Å²) in [6.45, 7) is 0. The van der Waals surface area contributed by atoms with Crippen molar-refractivity contribution in [3.8, 4) is 0 Å². The van der Waals surface area contributed by atoms with Crippen molar-refractivity contribution in [1.29, 1.82) is 0 Å². The molecule has 0 radical (unpaired) electrons. The van der Waals surface area contributed by atoms with E-state index >= 15 is 0 Å². The molecule has 1 aliphatic rings. The fourth-order valence-corrected chi connectivity index (χ4v) is 3.32. The van der Waals surface area contributed by atoms with Gasteiger partial charge in [0.2, 0.25) is 11.1 Å². The average Bonchev–Trinajstić information content (AvgIpc) is 3.29. The van der Waals surface area contributed by atoms with Gasteiger partial charge in [-0.1, -0.05) is 6.07 Å². The van der Waals surface area contributed by atoms with Gasteiger partial charge in [0.1, 0.15) is 5.03 Å². The van der Waals surface area contributed by atoms with Gasteiger partial charge in [-0.05, 0) is 48.9 Å². The third-order valence-electron chi connectivity index (χ3n) is 3.97. The van der Waals surface area contributed by atoms with E-state index in [0.717, 1.165) is 28.7 Å². The van der Waals surface area contributed by atoms with Crippen molar-refractivity contribution >= 4 is 34.8 Å². The monoisotopic (exact) mass is 351 g/mol. The molecule has 0 atom stereocenters. The van der Waals surface area contributed by atoms with Gasteiger partial charge >= 0.3 is 0 Å². The molecule has 1 saturated carbocycles.